The lowest BCUT2D eigenvalue weighted by Crippen LogP contribution is -3.07. The largest absolute Gasteiger partial charge is 0.493 e. The van der Waals surface area contributed by atoms with Gasteiger partial charge in [-0.15, -0.1) is 0 Å². The molecule has 2 N–H and O–H groups in total. The molecule has 0 aliphatic heterocycles. The lowest BCUT2D eigenvalue weighted by atomic mass is 10.0. The molecule has 0 radical (unpaired) electrons. The summed E-state index contributed by atoms with van der Waals surface area (Å²) >= 11 is 0. The van der Waals surface area contributed by atoms with Crippen LogP contribution in [0.2, 0.25) is 0 Å². The first-order chi connectivity index (χ1) is 14.4. The van der Waals surface area contributed by atoms with Crippen molar-refractivity contribution in [3.8, 4) is 5.75 Å². The van der Waals surface area contributed by atoms with Crippen LogP contribution in [-0.2, 0) is 0 Å². The van der Waals surface area contributed by atoms with E-state index in [0.717, 1.165) is 16.5 Å². The number of anilines is 1. The second-order valence-corrected chi connectivity index (χ2v) is 7.92. The Bertz CT molecular complexity index is 997. The average molecular weight is 407 g/mol. The van der Waals surface area contributed by atoms with E-state index in [1.54, 1.807) is 0 Å². The van der Waals surface area contributed by atoms with Crippen molar-refractivity contribution in [1.29, 1.82) is 0 Å². The van der Waals surface area contributed by atoms with Crippen LogP contribution in [0.15, 0.2) is 60.7 Å². The summed E-state index contributed by atoms with van der Waals surface area (Å²) in [5.74, 6) is 0.518. The molecule has 0 aromatic heterocycles. The summed E-state index contributed by atoms with van der Waals surface area (Å²) in [6.07, 6.45) is 0. The van der Waals surface area contributed by atoms with E-state index in [1.807, 2.05) is 57.4 Å². The third-order valence-corrected chi connectivity index (χ3v) is 5.39. The molecular formula is C25H32N3O2+. The number of ether oxygens (including phenoxy) is 1. The Hall–Kier alpha value is -3.05. The number of likely N-dealkylation sites (N-methyl/N-ethyl adjacent to an activating group) is 1. The molecule has 0 bridgehead atoms. The number of fused-ring (bicyclic) bond motifs is 1. The van der Waals surface area contributed by atoms with Crippen LogP contribution in [-0.4, -0.2) is 47.2 Å². The first kappa shape index (κ1) is 21.7. The van der Waals surface area contributed by atoms with Crippen molar-refractivity contribution in [1.82, 2.24) is 5.32 Å². The lowest BCUT2D eigenvalue weighted by Gasteiger charge is -2.23. The van der Waals surface area contributed by atoms with Gasteiger partial charge in [-0.05, 0) is 35.9 Å². The fourth-order valence-corrected chi connectivity index (χ4v) is 3.70. The predicted octanol–water partition coefficient (Wildman–Crippen LogP) is 2.92. The highest BCUT2D eigenvalue weighted by Gasteiger charge is 2.22. The molecule has 5 heteroatoms. The summed E-state index contributed by atoms with van der Waals surface area (Å²) in [5, 5.41) is 5.09. The molecule has 0 spiro atoms. The number of nitrogens with zero attached hydrogens (tertiary/aromatic N) is 1. The Labute approximate surface area is 179 Å². The van der Waals surface area contributed by atoms with Crippen molar-refractivity contribution < 1.29 is 14.4 Å². The van der Waals surface area contributed by atoms with Crippen molar-refractivity contribution in [2.45, 2.75) is 13.0 Å². The van der Waals surface area contributed by atoms with Crippen molar-refractivity contribution in [3.63, 3.8) is 0 Å². The molecule has 0 heterocycles. The number of benzene rings is 3. The van der Waals surface area contributed by atoms with Gasteiger partial charge in [0, 0.05) is 25.3 Å². The van der Waals surface area contributed by atoms with Crippen LogP contribution in [0.1, 0.15) is 28.9 Å². The molecule has 3 rings (SSSR count). The Balaban J connectivity index is 1.85. The van der Waals surface area contributed by atoms with E-state index < -0.39 is 0 Å². The van der Waals surface area contributed by atoms with Crippen LogP contribution in [0.4, 0.5) is 5.69 Å². The van der Waals surface area contributed by atoms with Gasteiger partial charge in [0.1, 0.15) is 11.8 Å². The number of rotatable bonds is 8. The van der Waals surface area contributed by atoms with Crippen LogP contribution in [0, 0.1) is 0 Å². The first-order valence-corrected chi connectivity index (χ1v) is 10.4. The SMILES string of the molecule is CCOc1ccc2ccccc2c1C(=O)NC[C@H](c1ccc(N(C)C)cc1)[NH+](C)C. The number of hydrogen-bond acceptors (Lipinski definition) is 3. The number of carbonyl (C=O) groups is 1. The zero-order chi connectivity index (χ0) is 21.7. The van der Waals surface area contributed by atoms with E-state index in [4.69, 9.17) is 4.74 Å². The Morgan fingerprint density at radius 3 is 2.37 bits per heavy atom. The topological polar surface area (TPSA) is 46.0 Å². The molecule has 5 nitrogen and oxygen atoms in total. The smallest absolute Gasteiger partial charge is 0.255 e. The van der Waals surface area contributed by atoms with Gasteiger partial charge in [-0.2, -0.15) is 0 Å². The van der Waals surface area contributed by atoms with Crippen LogP contribution >= 0.6 is 0 Å². The second kappa shape index (κ2) is 9.63. The Kier molecular flexibility index (Phi) is 6.95. The summed E-state index contributed by atoms with van der Waals surface area (Å²) in [6, 6.07) is 20.5. The third kappa shape index (κ3) is 4.74. The molecular weight excluding hydrogens is 374 g/mol. The van der Waals surface area contributed by atoms with Gasteiger partial charge in [0.15, 0.2) is 0 Å². The molecule has 3 aromatic carbocycles. The molecule has 158 valence electrons. The maximum absolute atomic E-state index is 13.2. The van der Waals surface area contributed by atoms with E-state index in [0.29, 0.717) is 24.5 Å². The first-order valence-electron chi connectivity index (χ1n) is 10.4. The fraction of sp³-hybridized carbons (Fsp3) is 0.320. The average Bonchev–Trinajstić information content (AvgIpc) is 2.74. The van der Waals surface area contributed by atoms with Crippen molar-refractivity contribution in [2.24, 2.45) is 0 Å². The molecule has 1 amide bonds. The maximum atomic E-state index is 13.2. The molecule has 0 saturated carbocycles. The third-order valence-electron chi connectivity index (χ3n) is 5.39. The lowest BCUT2D eigenvalue weighted by molar-refractivity contribution is -0.890. The minimum atomic E-state index is -0.105. The van der Waals surface area contributed by atoms with Gasteiger partial charge >= 0.3 is 0 Å². The highest BCUT2D eigenvalue weighted by atomic mass is 16.5. The highest BCUT2D eigenvalue weighted by Crippen LogP contribution is 2.28. The van der Waals surface area contributed by atoms with Crippen LogP contribution in [0.5, 0.6) is 5.75 Å². The normalized spacial score (nSPS) is 12.1. The summed E-state index contributed by atoms with van der Waals surface area (Å²) in [4.78, 5) is 16.6. The monoisotopic (exact) mass is 406 g/mol. The van der Waals surface area contributed by atoms with Crippen LogP contribution in [0.25, 0.3) is 10.8 Å². The maximum Gasteiger partial charge on any atom is 0.255 e. The van der Waals surface area contributed by atoms with Crippen LogP contribution < -0.4 is 19.9 Å². The van der Waals surface area contributed by atoms with Gasteiger partial charge in [-0.1, -0.05) is 42.5 Å². The van der Waals surface area contributed by atoms with E-state index in [2.05, 4.69) is 48.6 Å². The molecule has 30 heavy (non-hydrogen) atoms. The van der Waals surface area contributed by atoms with Crippen LogP contribution in [0.3, 0.4) is 0 Å². The molecule has 0 aliphatic carbocycles. The van der Waals surface area contributed by atoms with Gasteiger partial charge in [-0.25, -0.2) is 0 Å². The minimum absolute atomic E-state index is 0.105. The fourth-order valence-electron chi connectivity index (χ4n) is 3.70. The Morgan fingerprint density at radius 2 is 1.73 bits per heavy atom. The van der Waals surface area contributed by atoms with Gasteiger partial charge in [-0.3, -0.25) is 4.79 Å². The summed E-state index contributed by atoms with van der Waals surface area (Å²) in [6.45, 7) is 2.98. The minimum Gasteiger partial charge on any atom is -0.493 e. The van der Waals surface area contributed by atoms with E-state index >= 15 is 0 Å². The van der Waals surface area contributed by atoms with Gasteiger partial charge in [0.05, 0.1) is 32.8 Å². The molecule has 0 fully saturated rings. The van der Waals surface area contributed by atoms with Crippen molar-refractivity contribution in [2.75, 3.05) is 46.2 Å². The van der Waals surface area contributed by atoms with E-state index in [-0.39, 0.29) is 11.9 Å². The molecule has 0 aliphatic rings. The van der Waals surface area contributed by atoms with Gasteiger partial charge in [0.25, 0.3) is 5.91 Å². The van der Waals surface area contributed by atoms with Gasteiger partial charge in [0.2, 0.25) is 0 Å². The molecule has 0 unspecified atom stereocenters. The van der Waals surface area contributed by atoms with E-state index in [9.17, 15) is 4.79 Å². The van der Waals surface area contributed by atoms with Crippen molar-refractivity contribution >= 4 is 22.4 Å². The Morgan fingerprint density at radius 1 is 1.03 bits per heavy atom. The number of hydrogen-bond donors (Lipinski definition) is 2. The predicted molar refractivity (Wildman–Crippen MR) is 124 cm³/mol. The second-order valence-electron chi connectivity index (χ2n) is 7.92. The highest BCUT2D eigenvalue weighted by molar-refractivity contribution is 6.09. The summed E-state index contributed by atoms with van der Waals surface area (Å²) in [5.41, 5.74) is 2.96. The number of carbonyl (C=O) groups excluding carboxylic acids is 1. The molecule has 3 aromatic rings. The van der Waals surface area contributed by atoms with E-state index in [1.165, 1.54) is 10.5 Å². The van der Waals surface area contributed by atoms with Crippen molar-refractivity contribution in [3.05, 3.63) is 71.8 Å². The summed E-state index contributed by atoms with van der Waals surface area (Å²) < 4.78 is 5.77. The molecule has 0 saturated heterocycles. The standard InChI is InChI=1S/C25H31N3O2/c1-6-30-23-16-13-18-9-7-8-10-21(18)24(23)25(29)26-17-22(28(4)5)19-11-14-20(15-12-19)27(2)3/h7-16,22H,6,17H2,1-5H3,(H,26,29)/p+1/t22-/m1/s1. The molecule has 1 atom stereocenters. The number of amides is 1. The zero-order valence-electron chi connectivity index (χ0n) is 18.5. The summed E-state index contributed by atoms with van der Waals surface area (Å²) in [7, 11) is 8.29. The zero-order valence-corrected chi connectivity index (χ0v) is 18.5. The van der Waals surface area contributed by atoms with Gasteiger partial charge < -0.3 is 19.9 Å². The quantitative estimate of drug-likeness (QED) is 0.605. The number of nitrogens with one attached hydrogen (secondary N) is 2. The number of quaternary nitrogens is 1.